The van der Waals surface area contributed by atoms with E-state index in [0.29, 0.717) is 24.9 Å². The SMILES string of the molecule is NC1COCC1C(=O)CC1CC1. The number of ether oxygens (including phenoxy) is 1. The molecular formula is C9H15NO2. The predicted octanol–water partition coefficient (Wildman–Crippen LogP) is 0.329. The van der Waals surface area contributed by atoms with Crippen LogP contribution in [-0.2, 0) is 9.53 Å². The zero-order valence-corrected chi connectivity index (χ0v) is 7.16. The van der Waals surface area contributed by atoms with Crippen molar-refractivity contribution in [1.82, 2.24) is 0 Å². The molecule has 0 aromatic carbocycles. The Hall–Kier alpha value is -0.410. The normalized spacial score (nSPS) is 35.4. The molecule has 68 valence electrons. The molecule has 3 nitrogen and oxygen atoms in total. The average Bonchev–Trinajstić information content (AvgIpc) is 2.72. The first-order valence-electron chi connectivity index (χ1n) is 4.63. The van der Waals surface area contributed by atoms with Gasteiger partial charge in [-0.1, -0.05) is 0 Å². The second-order valence-corrected chi connectivity index (χ2v) is 3.92. The maximum atomic E-state index is 11.5. The minimum atomic E-state index is -0.0451. The van der Waals surface area contributed by atoms with Crippen LogP contribution in [0.3, 0.4) is 0 Å². The van der Waals surface area contributed by atoms with Gasteiger partial charge in [0, 0.05) is 12.5 Å². The summed E-state index contributed by atoms with van der Waals surface area (Å²) < 4.78 is 5.15. The van der Waals surface area contributed by atoms with Crippen molar-refractivity contribution in [2.24, 2.45) is 17.6 Å². The minimum absolute atomic E-state index is 0.00870. The summed E-state index contributed by atoms with van der Waals surface area (Å²) in [5.74, 6) is 0.985. The van der Waals surface area contributed by atoms with E-state index in [2.05, 4.69) is 0 Å². The number of hydrogen-bond acceptors (Lipinski definition) is 3. The molecule has 0 aromatic rings. The van der Waals surface area contributed by atoms with Crippen LogP contribution in [0.25, 0.3) is 0 Å². The van der Waals surface area contributed by atoms with Gasteiger partial charge >= 0.3 is 0 Å². The molecule has 3 heteroatoms. The van der Waals surface area contributed by atoms with E-state index in [1.807, 2.05) is 0 Å². The highest BCUT2D eigenvalue weighted by Gasteiger charge is 2.34. The third-order valence-electron chi connectivity index (χ3n) is 2.72. The van der Waals surface area contributed by atoms with Gasteiger partial charge in [0.2, 0.25) is 0 Å². The van der Waals surface area contributed by atoms with Crippen molar-refractivity contribution in [3.05, 3.63) is 0 Å². The number of hydrogen-bond donors (Lipinski definition) is 1. The topological polar surface area (TPSA) is 52.3 Å². The van der Waals surface area contributed by atoms with E-state index in [1.165, 1.54) is 12.8 Å². The molecule has 2 rings (SSSR count). The van der Waals surface area contributed by atoms with Gasteiger partial charge in [0.25, 0.3) is 0 Å². The molecule has 1 aliphatic carbocycles. The number of rotatable bonds is 3. The van der Waals surface area contributed by atoms with Crippen LogP contribution in [0.2, 0.25) is 0 Å². The summed E-state index contributed by atoms with van der Waals surface area (Å²) in [6, 6.07) is -0.0451. The molecular weight excluding hydrogens is 154 g/mol. The second kappa shape index (κ2) is 3.15. The predicted molar refractivity (Wildman–Crippen MR) is 44.6 cm³/mol. The van der Waals surface area contributed by atoms with Gasteiger partial charge in [0.15, 0.2) is 0 Å². The lowest BCUT2D eigenvalue weighted by atomic mass is 9.96. The highest BCUT2D eigenvalue weighted by atomic mass is 16.5. The Morgan fingerprint density at radius 3 is 2.67 bits per heavy atom. The molecule has 0 radical (unpaired) electrons. The third-order valence-corrected chi connectivity index (χ3v) is 2.72. The summed E-state index contributed by atoms with van der Waals surface area (Å²) in [7, 11) is 0. The molecule has 0 aromatic heterocycles. The van der Waals surface area contributed by atoms with E-state index in [1.54, 1.807) is 0 Å². The summed E-state index contributed by atoms with van der Waals surface area (Å²) >= 11 is 0. The van der Waals surface area contributed by atoms with Crippen molar-refractivity contribution >= 4 is 5.78 Å². The van der Waals surface area contributed by atoms with E-state index in [9.17, 15) is 4.79 Å². The van der Waals surface area contributed by atoms with Crippen molar-refractivity contribution in [3.8, 4) is 0 Å². The molecule has 1 saturated heterocycles. The standard InChI is InChI=1S/C9H15NO2/c10-8-5-12-4-7(8)9(11)3-6-1-2-6/h6-8H,1-5,10H2. The third kappa shape index (κ3) is 1.67. The smallest absolute Gasteiger partial charge is 0.140 e. The van der Waals surface area contributed by atoms with Gasteiger partial charge in [0.05, 0.1) is 19.1 Å². The lowest BCUT2D eigenvalue weighted by Gasteiger charge is -2.10. The monoisotopic (exact) mass is 169 g/mol. The molecule has 1 aliphatic heterocycles. The molecule has 2 N–H and O–H groups in total. The van der Waals surface area contributed by atoms with Gasteiger partial charge in [-0.15, -0.1) is 0 Å². The van der Waals surface area contributed by atoms with Gasteiger partial charge in [-0.3, -0.25) is 4.79 Å². The summed E-state index contributed by atoms with van der Waals surface area (Å²) in [4.78, 5) is 11.5. The van der Waals surface area contributed by atoms with Crippen molar-refractivity contribution in [2.75, 3.05) is 13.2 Å². The Morgan fingerprint density at radius 1 is 1.42 bits per heavy atom. The first-order valence-corrected chi connectivity index (χ1v) is 4.63. The fourth-order valence-corrected chi connectivity index (χ4v) is 1.66. The molecule has 12 heavy (non-hydrogen) atoms. The Morgan fingerprint density at radius 2 is 2.17 bits per heavy atom. The summed E-state index contributed by atoms with van der Waals surface area (Å²) in [5.41, 5.74) is 5.73. The van der Waals surface area contributed by atoms with Gasteiger partial charge in [-0.05, 0) is 18.8 Å². The fraction of sp³-hybridized carbons (Fsp3) is 0.889. The van der Waals surface area contributed by atoms with E-state index < -0.39 is 0 Å². The zero-order chi connectivity index (χ0) is 8.55. The van der Waals surface area contributed by atoms with Gasteiger partial charge in [0.1, 0.15) is 5.78 Å². The number of ketones is 1. The number of carbonyl (C=O) groups excluding carboxylic acids is 1. The molecule has 2 unspecified atom stereocenters. The number of nitrogens with two attached hydrogens (primary N) is 1. The Bertz CT molecular complexity index is 189. The molecule has 2 aliphatic rings. The summed E-state index contributed by atoms with van der Waals surface area (Å²) in [6.07, 6.45) is 3.20. The maximum Gasteiger partial charge on any atom is 0.140 e. The molecule has 2 fully saturated rings. The van der Waals surface area contributed by atoms with Crippen molar-refractivity contribution in [1.29, 1.82) is 0 Å². The molecule has 1 saturated carbocycles. The lowest BCUT2D eigenvalue weighted by Crippen LogP contribution is -2.34. The summed E-state index contributed by atoms with van der Waals surface area (Å²) in [5, 5.41) is 0. The van der Waals surface area contributed by atoms with Crippen LogP contribution in [-0.4, -0.2) is 25.0 Å². The summed E-state index contributed by atoms with van der Waals surface area (Å²) in [6.45, 7) is 1.10. The van der Waals surface area contributed by atoms with Gasteiger partial charge in [-0.2, -0.15) is 0 Å². The Balaban J connectivity index is 1.84. The zero-order valence-electron chi connectivity index (χ0n) is 7.16. The van der Waals surface area contributed by atoms with E-state index in [4.69, 9.17) is 10.5 Å². The van der Waals surface area contributed by atoms with Crippen molar-refractivity contribution in [2.45, 2.75) is 25.3 Å². The van der Waals surface area contributed by atoms with Crippen LogP contribution in [0.5, 0.6) is 0 Å². The lowest BCUT2D eigenvalue weighted by molar-refractivity contribution is -0.123. The van der Waals surface area contributed by atoms with E-state index in [-0.39, 0.29) is 12.0 Å². The maximum absolute atomic E-state index is 11.5. The van der Waals surface area contributed by atoms with Gasteiger partial charge < -0.3 is 10.5 Å². The number of carbonyl (C=O) groups is 1. The highest BCUT2D eigenvalue weighted by Crippen LogP contribution is 2.34. The van der Waals surface area contributed by atoms with Crippen molar-refractivity contribution in [3.63, 3.8) is 0 Å². The fourth-order valence-electron chi connectivity index (χ4n) is 1.66. The average molecular weight is 169 g/mol. The largest absolute Gasteiger partial charge is 0.379 e. The second-order valence-electron chi connectivity index (χ2n) is 3.92. The van der Waals surface area contributed by atoms with E-state index >= 15 is 0 Å². The minimum Gasteiger partial charge on any atom is -0.379 e. The first-order chi connectivity index (χ1) is 5.77. The Labute approximate surface area is 72.3 Å². The molecule has 1 heterocycles. The quantitative estimate of drug-likeness (QED) is 0.662. The van der Waals surface area contributed by atoms with Gasteiger partial charge in [-0.25, -0.2) is 0 Å². The van der Waals surface area contributed by atoms with Crippen LogP contribution >= 0.6 is 0 Å². The molecule has 0 amide bonds. The van der Waals surface area contributed by atoms with Crippen LogP contribution < -0.4 is 5.73 Å². The highest BCUT2D eigenvalue weighted by molar-refractivity contribution is 5.82. The molecule has 0 bridgehead atoms. The number of Topliss-reactive ketones (excluding diaryl/α,β-unsaturated/α-hetero) is 1. The Kier molecular flexibility index (Phi) is 2.15. The first kappa shape index (κ1) is 8.20. The van der Waals surface area contributed by atoms with Crippen LogP contribution in [0.4, 0.5) is 0 Å². The van der Waals surface area contributed by atoms with Crippen LogP contribution in [0.15, 0.2) is 0 Å². The van der Waals surface area contributed by atoms with Crippen molar-refractivity contribution < 1.29 is 9.53 Å². The van der Waals surface area contributed by atoms with Crippen LogP contribution in [0.1, 0.15) is 19.3 Å². The van der Waals surface area contributed by atoms with E-state index in [0.717, 1.165) is 6.42 Å². The molecule has 2 atom stereocenters. The molecule has 0 spiro atoms. The van der Waals surface area contributed by atoms with Crippen LogP contribution in [0, 0.1) is 11.8 Å².